The summed E-state index contributed by atoms with van der Waals surface area (Å²) in [4.78, 5) is 71.5. The van der Waals surface area contributed by atoms with Crippen LogP contribution in [0.2, 0.25) is 0 Å². The molecule has 5 N–H and O–H groups in total. The fourth-order valence-electron chi connectivity index (χ4n) is 15.0. The van der Waals surface area contributed by atoms with E-state index in [0.717, 1.165) is 0 Å². The van der Waals surface area contributed by atoms with Crippen LogP contribution in [0.1, 0.15) is 147 Å². The van der Waals surface area contributed by atoms with Crippen molar-refractivity contribution in [2.24, 2.45) is 46.3 Å². The SMILES string of the molecule is CC[C@H]1OC(=O)[C@H](C)[C@@H](OC(=O)CCCCOC(=O)[C@@]2(O)[C@H](C)CC3C4CC=C5CC(=O)C=C[C@]5(C)[C@@]4(F)[C@@H](O)C[C@@]32C)[C@H](C)[C@@H](O[C@@H]2O[C@H](C)C[C@@H](N(C)C)[C@H]2OC(C)=O)C(C)(O)C[C@@H](C)CN(C)[C@H](C)[C@@H](O)[C@]1(C)O. The summed E-state index contributed by atoms with van der Waals surface area (Å²) in [7, 11) is 5.49. The van der Waals surface area contributed by atoms with Gasteiger partial charge in [-0.15, -0.1) is 0 Å². The lowest BCUT2D eigenvalue weighted by molar-refractivity contribution is -0.301. The van der Waals surface area contributed by atoms with Crippen LogP contribution in [0.4, 0.5) is 4.39 Å². The Bertz CT molecular complexity index is 2220. The molecule has 4 fully saturated rings. The highest BCUT2D eigenvalue weighted by atomic mass is 19.1. The number of carbonyl (C=O) groups is 5. The molecule has 0 aromatic heterocycles. The van der Waals surface area contributed by atoms with Crippen molar-refractivity contribution in [2.45, 2.75) is 231 Å². The number of hydrogen-bond acceptors (Lipinski definition) is 18. The molecule has 2 saturated heterocycles. The standard InChI is InChI=1S/C58H93FN2O16/c1-16-44-56(12,70)48(66)36(7)61(15)30-31(2)28-55(11,69)49(77-51-47(74-37(8)62)42(60(13)14)26-33(4)73-51)34(5)46(35(6)50(67)75-44)76-45(65)19-17-18-24-72-52(68)58(71)32(3)25-41-40-21-20-38-27-39(63)22-23-53(38,9)57(40,59)43(64)29-54(41,58)10/h20,22-23,31-36,40-44,46-49,51,64,66,69-71H,16-19,21,24-30H2,1-15H3/t31-,32-,33-,34+,35-,36-,40?,41?,42-,43+,44-,46+,47-,48-,49-,51+,53+,54+,55?,56-,57+,58+/m1/s1. The molecule has 77 heavy (non-hydrogen) atoms. The van der Waals surface area contributed by atoms with E-state index in [1.165, 1.54) is 26.8 Å². The first-order valence-corrected chi connectivity index (χ1v) is 28.2. The van der Waals surface area contributed by atoms with Gasteiger partial charge in [-0.25, -0.2) is 9.18 Å². The van der Waals surface area contributed by atoms with E-state index in [0.29, 0.717) is 25.0 Å². The summed E-state index contributed by atoms with van der Waals surface area (Å²) in [5.41, 5.74) is -9.73. The summed E-state index contributed by atoms with van der Waals surface area (Å²) in [6.45, 7) is 20.0. The molecule has 0 spiro atoms. The number of nitrogens with zero attached hydrogens (tertiary/aromatic N) is 2. The van der Waals surface area contributed by atoms with Crippen LogP contribution in [0.3, 0.4) is 0 Å². The lowest BCUT2D eigenvalue weighted by Gasteiger charge is -2.61. The first-order chi connectivity index (χ1) is 35.6. The number of rotatable bonds is 12. The summed E-state index contributed by atoms with van der Waals surface area (Å²) < 4.78 is 54.9. The first kappa shape index (κ1) is 62.8. The van der Waals surface area contributed by atoms with Gasteiger partial charge in [0.15, 0.2) is 29.4 Å². The number of fused-ring (bicyclic) bond motifs is 5. The molecular formula is C58H93FN2O16. The minimum atomic E-state index is -2.14. The van der Waals surface area contributed by atoms with E-state index in [1.54, 1.807) is 61.6 Å². The number of ether oxygens (including phenoxy) is 6. The molecule has 0 aromatic rings. The molecule has 3 unspecified atom stereocenters. The number of cyclic esters (lactones) is 1. The van der Waals surface area contributed by atoms with Gasteiger partial charge in [0.1, 0.15) is 23.9 Å². The highest BCUT2D eigenvalue weighted by Crippen LogP contribution is 2.70. The van der Waals surface area contributed by atoms with Crippen LogP contribution >= 0.6 is 0 Å². The molecule has 0 aromatic carbocycles. The van der Waals surface area contributed by atoms with Crippen LogP contribution in [-0.2, 0) is 52.4 Å². The van der Waals surface area contributed by atoms with Gasteiger partial charge in [0.25, 0.3) is 0 Å². The maximum Gasteiger partial charge on any atom is 0.338 e. The second-order valence-corrected chi connectivity index (χ2v) is 25.4. The molecule has 438 valence electrons. The molecule has 22 atom stereocenters. The topological polar surface area (TPSA) is 248 Å². The number of hydrogen-bond donors (Lipinski definition) is 5. The van der Waals surface area contributed by atoms with Gasteiger partial charge in [-0.05, 0) is 138 Å². The van der Waals surface area contributed by atoms with Gasteiger partial charge in [0.05, 0.1) is 42.5 Å². The van der Waals surface area contributed by atoms with Gasteiger partial charge in [-0.1, -0.05) is 52.3 Å². The largest absolute Gasteiger partial charge is 0.464 e. The number of halogens is 1. The third kappa shape index (κ3) is 11.7. The van der Waals surface area contributed by atoms with Crippen molar-refractivity contribution < 1.29 is 82.3 Å². The highest BCUT2D eigenvalue weighted by molar-refractivity contribution is 5.93. The number of carbonyl (C=O) groups excluding carboxylic acids is 5. The molecule has 2 saturated carbocycles. The Labute approximate surface area is 455 Å². The first-order valence-electron chi connectivity index (χ1n) is 28.2. The smallest absolute Gasteiger partial charge is 0.338 e. The molecule has 18 nitrogen and oxygen atoms in total. The number of unbranched alkanes of at least 4 members (excludes halogenated alkanes) is 1. The second kappa shape index (κ2) is 23.6. The number of ketones is 1. The normalized spacial score (nSPS) is 46.1. The van der Waals surface area contributed by atoms with E-state index in [4.69, 9.17) is 28.4 Å². The summed E-state index contributed by atoms with van der Waals surface area (Å²) in [6, 6.07) is -0.985. The van der Waals surface area contributed by atoms with Gasteiger partial charge in [0.2, 0.25) is 0 Å². The third-order valence-corrected chi connectivity index (χ3v) is 19.5. The van der Waals surface area contributed by atoms with Crippen LogP contribution in [0.15, 0.2) is 23.8 Å². The van der Waals surface area contributed by atoms with E-state index in [1.807, 2.05) is 43.8 Å². The zero-order valence-corrected chi connectivity index (χ0v) is 48.5. The lowest BCUT2D eigenvalue weighted by atomic mass is 9.45. The van der Waals surface area contributed by atoms with Gasteiger partial charge in [0, 0.05) is 55.0 Å². The molecule has 0 bridgehead atoms. The van der Waals surface area contributed by atoms with Crippen LogP contribution in [-0.4, -0.2) is 183 Å². The van der Waals surface area contributed by atoms with Crippen molar-refractivity contribution >= 4 is 29.7 Å². The molecule has 2 aliphatic heterocycles. The van der Waals surface area contributed by atoms with Crippen LogP contribution in [0.25, 0.3) is 0 Å². The van der Waals surface area contributed by atoms with Gasteiger partial charge >= 0.3 is 23.9 Å². The molecule has 6 aliphatic rings. The Morgan fingerprint density at radius 3 is 2.21 bits per heavy atom. The molecule has 0 amide bonds. The summed E-state index contributed by atoms with van der Waals surface area (Å²) in [5.74, 6) is -7.62. The summed E-state index contributed by atoms with van der Waals surface area (Å²) in [6.07, 6.45) is -3.25. The maximum atomic E-state index is 17.7. The number of esters is 4. The minimum absolute atomic E-state index is 0.0681. The van der Waals surface area contributed by atoms with Gasteiger partial charge in [-0.3, -0.25) is 19.2 Å². The van der Waals surface area contributed by atoms with Crippen molar-refractivity contribution in [3.8, 4) is 0 Å². The number of aliphatic hydroxyl groups excluding tert-OH is 2. The van der Waals surface area contributed by atoms with E-state index in [-0.39, 0.29) is 81.8 Å². The molecule has 2 heterocycles. The predicted molar refractivity (Wildman–Crippen MR) is 281 cm³/mol. The van der Waals surface area contributed by atoms with Crippen molar-refractivity contribution in [3.63, 3.8) is 0 Å². The highest BCUT2D eigenvalue weighted by Gasteiger charge is 2.76. The lowest BCUT2D eigenvalue weighted by Crippen LogP contribution is -2.69. The molecular weight excluding hydrogens is 1000 g/mol. The van der Waals surface area contributed by atoms with Crippen LogP contribution < -0.4 is 0 Å². The predicted octanol–water partition coefficient (Wildman–Crippen LogP) is 5.16. The average molecular weight is 1090 g/mol. The molecule has 4 aliphatic carbocycles. The Morgan fingerprint density at radius 1 is 0.922 bits per heavy atom. The molecule has 19 heteroatoms. The zero-order chi connectivity index (χ0) is 57.7. The number of allylic oxidation sites excluding steroid dienone is 4. The maximum absolute atomic E-state index is 17.7. The van der Waals surface area contributed by atoms with Crippen molar-refractivity contribution in [1.29, 1.82) is 0 Å². The summed E-state index contributed by atoms with van der Waals surface area (Å²) in [5, 5.41) is 60.5. The average Bonchev–Trinajstić information content (AvgIpc) is 3.79. The Kier molecular flexibility index (Phi) is 19.2. The third-order valence-electron chi connectivity index (χ3n) is 19.5. The fraction of sp³-hybridized carbons (Fsp3) is 0.845. The quantitative estimate of drug-likeness (QED) is 0.0733. The number of likely N-dealkylation sites (N-methyl/N-ethyl adjacent to an activating group) is 2. The van der Waals surface area contributed by atoms with Crippen molar-refractivity contribution in [3.05, 3.63) is 23.8 Å². The van der Waals surface area contributed by atoms with Crippen LogP contribution in [0, 0.1) is 46.3 Å². The summed E-state index contributed by atoms with van der Waals surface area (Å²) >= 11 is 0. The van der Waals surface area contributed by atoms with Crippen LogP contribution in [0.5, 0.6) is 0 Å². The van der Waals surface area contributed by atoms with Gasteiger partial charge in [-0.2, -0.15) is 0 Å². The Hall–Kier alpha value is -3.40. The van der Waals surface area contributed by atoms with E-state index in [2.05, 4.69) is 0 Å². The monoisotopic (exact) mass is 1090 g/mol. The molecule has 6 rings (SSSR count). The Morgan fingerprint density at radius 2 is 1.58 bits per heavy atom. The van der Waals surface area contributed by atoms with Gasteiger partial charge < -0.3 is 63.8 Å². The second-order valence-electron chi connectivity index (χ2n) is 25.4. The zero-order valence-electron chi connectivity index (χ0n) is 48.5. The van der Waals surface area contributed by atoms with E-state index >= 15 is 4.39 Å². The Balaban J connectivity index is 1.22. The number of aliphatic hydroxyl groups is 5. The number of alkyl halides is 1. The minimum Gasteiger partial charge on any atom is -0.464 e. The van der Waals surface area contributed by atoms with E-state index in [9.17, 15) is 49.5 Å². The van der Waals surface area contributed by atoms with E-state index < -0.39 is 136 Å². The fourth-order valence-corrected chi connectivity index (χ4v) is 15.0. The van der Waals surface area contributed by atoms with Crippen molar-refractivity contribution in [2.75, 3.05) is 34.3 Å². The van der Waals surface area contributed by atoms with Crippen molar-refractivity contribution in [1.82, 2.24) is 9.80 Å². The molecule has 0 radical (unpaired) electrons.